The topological polar surface area (TPSA) is 51.6 Å². The summed E-state index contributed by atoms with van der Waals surface area (Å²) < 4.78 is 13.4. The van der Waals surface area contributed by atoms with E-state index in [4.69, 9.17) is 9.47 Å². The minimum atomic E-state index is 0. The number of hydrogen-bond acceptors (Lipinski definition) is 5. The van der Waals surface area contributed by atoms with E-state index < -0.39 is 0 Å². The van der Waals surface area contributed by atoms with Crippen molar-refractivity contribution < 1.29 is 9.47 Å². The molecule has 1 aromatic heterocycles. The van der Waals surface area contributed by atoms with Gasteiger partial charge in [0.15, 0.2) is 11.5 Å². The third kappa shape index (κ3) is 3.36. The molecule has 1 fully saturated rings. The average molecular weight is 351 g/mol. The minimum absolute atomic E-state index is 0. The highest BCUT2D eigenvalue weighted by Crippen LogP contribution is 2.32. The van der Waals surface area contributed by atoms with E-state index >= 15 is 0 Å². The van der Waals surface area contributed by atoms with Crippen LogP contribution in [0.2, 0.25) is 0 Å². The summed E-state index contributed by atoms with van der Waals surface area (Å²) in [6.07, 6.45) is 3.87. The van der Waals surface area contributed by atoms with Gasteiger partial charge in [-0.15, -0.1) is 12.4 Å². The zero-order valence-electron chi connectivity index (χ0n) is 13.8. The lowest BCUT2D eigenvalue weighted by molar-refractivity contribution is 0.143. The second kappa shape index (κ2) is 7.42. The summed E-state index contributed by atoms with van der Waals surface area (Å²) >= 11 is 0. The Morgan fingerprint density at radius 1 is 1.25 bits per heavy atom. The van der Waals surface area contributed by atoms with Gasteiger partial charge in [0.25, 0.3) is 0 Å². The highest BCUT2D eigenvalue weighted by molar-refractivity contribution is 5.85. The van der Waals surface area contributed by atoms with Crippen molar-refractivity contribution in [2.45, 2.75) is 12.6 Å². The summed E-state index contributed by atoms with van der Waals surface area (Å²) in [6.45, 7) is 5.08. The summed E-state index contributed by atoms with van der Waals surface area (Å²) in [5.74, 6) is 2.81. The Bertz CT molecular complexity index is 691. The Balaban J connectivity index is 0.00000169. The molecule has 130 valence electrons. The van der Waals surface area contributed by atoms with Gasteiger partial charge < -0.3 is 19.4 Å². The molecule has 24 heavy (non-hydrogen) atoms. The van der Waals surface area contributed by atoms with Crippen LogP contribution in [-0.2, 0) is 13.6 Å². The summed E-state index contributed by atoms with van der Waals surface area (Å²) in [5.41, 5.74) is 1.25. The molecule has 0 amide bonds. The van der Waals surface area contributed by atoms with Gasteiger partial charge in [0, 0.05) is 45.6 Å². The number of imidazole rings is 1. The van der Waals surface area contributed by atoms with Gasteiger partial charge in [0.1, 0.15) is 19.0 Å². The first kappa shape index (κ1) is 17.1. The first-order valence-electron chi connectivity index (χ1n) is 8.12. The number of nitrogens with zero attached hydrogens (tertiary/aromatic N) is 3. The number of rotatable bonds is 3. The van der Waals surface area contributed by atoms with Gasteiger partial charge in [-0.25, -0.2) is 4.98 Å². The van der Waals surface area contributed by atoms with Crippen LogP contribution in [0.5, 0.6) is 11.5 Å². The van der Waals surface area contributed by atoms with Gasteiger partial charge >= 0.3 is 0 Å². The maximum absolute atomic E-state index is 5.70. The largest absolute Gasteiger partial charge is 0.486 e. The van der Waals surface area contributed by atoms with Crippen molar-refractivity contribution in [1.29, 1.82) is 0 Å². The van der Waals surface area contributed by atoms with E-state index in [1.54, 1.807) is 0 Å². The van der Waals surface area contributed by atoms with Crippen LogP contribution in [0, 0.1) is 0 Å². The number of ether oxygens (including phenoxy) is 2. The smallest absolute Gasteiger partial charge is 0.161 e. The van der Waals surface area contributed by atoms with Crippen molar-refractivity contribution >= 4 is 12.4 Å². The number of aromatic nitrogens is 2. The molecule has 0 radical (unpaired) electrons. The second-order valence-electron chi connectivity index (χ2n) is 6.06. The first-order valence-corrected chi connectivity index (χ1v) is 8.12. The van der Waals surface area contributed by atoms with Crippen molar-refractivity contribution in [3.05, 3.63) is 42.0 Å². The lowest BCUT2D eigenvalue weighted by atomic mass is 10.1. The highest BCUT2D eigenvalue weighted by Gasteiger charge is 2.27. The van der Waals surface area contributed by atoms with Crippen LogP contribution in [-0.4, -0.2) is 47.3 Å². The molecule has 1 atom stereocenters. The van der Waals surface area contributed by atoms with E-state index in [-0.39, 0.29) is 18.4 Å². The van der Waals surface area contributed by atoms with Gasteiger partial charge in [-0.2, -0.15) is 0 Å². The Morgan fingerprint density at radius 2 is 2.08 bits per heavy atom. The number of aryl methyl sites for hydroxylation is 1. The monoisotopic (exact) mass is 350 g/mol. The van der Waals surface area contributed by atoms with Crippen molar-refractivity contribution in [2.75, 3.05) is 32.8 Å². The number of halogens is 1. The number of fused-ring (bicyclic) bond motifs is 1. The highest BCUT2D eigenvalue weighted by atomic mass is 35.5. The molecule has 2 aliphatic heterocycles. The molecular weight excluding hydrogens is 328 g/mol. The molecule has 0 spiro atoms. The van der Waals surface area contributed by atoms with Gasteiger partial charge in [-0.1, -0.05) is 6.07 Å². The Hall–Kier alpha value is -1.76. The molecule has 1 unspecified atom stereocenters. The zero-order chi connectivity index (χ0) is 15.6. The van der Waals surface area contributed by atoms with Crippen LogP contribution in [0.1, 0.15) is 17.4 Å². The molecule has 0 bridgehead atoms. The predicted molar refractivity (Wildman–Crippen MR) is 93.9 cm³/mol. The predicted octanol–water partition coefficient (Wildman–Crippen LogP) is 1.76. The van der Waals surface area contributed by atoms with E-state index in [1.165, 1.54) is 5.56 Å². The van der Waals surface area contributed by atoms with E-state index in [2.05, 4.69) is 38.9 Å². The molecule has 6 nitrogen and oxygen atoms in total. The van der Waals surface area contributed by atoms with Crippen molar-refractivity contribution in [3.63, 3.8) is 0 Å². The third-order valence-electron chi connectivity index (χ3n) is 4.50. The fraction of sp³-hybridized carbons (Fsp3) is 0.471. The molecule has 7 heteroatoms. The van der Waals surface area contributed by atoms with E-state index in [0.29, 0.717) is 13.2 Å². The van der Waals surface area contributed by atoms with Gasteiger partial charge in [-0.05, 0) is 17.7 Å². The molecule has 0 saturated carbocycles. The lowest BCUT2D eigenvalue weighted by Crippen LogP contribution is -2.46. The van der Waals surface area contributed by atoms with E-state index in [1.807, 2.05) is 18.5 Å². The number of nitrogens with one attached hydrogen (secondary N) is 1. The molecule has 1 saturated heterocycles. The fourth-order valence-corrected chi connectivity index (χ4v) is 3.31. The number of benzene rings is 1. The van der Waals surface area contributed by atoms with Crippen LogP contribution in [0.4, 0.5) is 0 Å². The summed E-state index contributed by atoms with van der Waals surface area (Å²) in [4.78, 5) is 7.01. The van der Waals surface area contributed by atoms with Crippen molar-refractivity contribution in [3.8, 4) is 11.5 Å². The van der Waals surface area contributed by atoms with Crippen LogP contribution in [0.3, 0.4) is 0 Å². The summed E-state index contributed by atoms with van der Waals surface area (Å²) in [5, 5.41) is 3.48. The standard InChI is InChI=1S/C17H22N4O2.ClH/c1-20-6-5-19-17(20)14-11-18-4-7-21(14)12-13-2-3-15-16(10-13)23-9-8-22-15;/h2-3,5-6,10,14,18H,4,7-9,11-12H2,1H3;1H. The lowest BCUT2D eigenvalue weighted by Gasteiger charge is -2.35. The molecular formula is C17H23ClN4O2. The molecule has 0 aliphatic carbocycles. The number of piperazine rings is 1. The third-order valence-corrected chi connectivity index (χ3v) is 4.50. The summed E-state index contributed by atoms with van der Waals surface area (Å²) in [6, 6.07) is 6.54. The first-order chi connectivity index (χ1) is 11.3. The van der Waals surface area contributed by atoms with Crippen molar-refractivity contribution in [1.82, 2.24) is 19.8 Å². The second-order valence-corrected chi connectivity index (χ2v) is 6.06. The number of hydrogen-bond donors (Lipinski definition) is 1. The van der Waals surface area contributed by atoms with E-state index in [0.717, 1.165) is 43.5 Å². The SMILES string of the molecule is Cl.Cn1ccnc1C1CNCCN1Cc1ccc2c(c1)OCCO2. The van der Waals surface area contributed by atoms with Gasteiger partial charge in [-0.3, -0.25) is 4.90 Å². The van der Waals surface area contributed by atoms with Crippen molar-refractivity contribution in [2.24, 2.45) is 7.05 Å². The van der Waals surface area contributed by atoms with Crippen LogP contribution in [0.15, 0.2) is 30.6 Å². The summed E-state index contributed by atoms with van der Waals surface area (Å²) in [7, 11) is 2.05. The van der Waals surface area contributed by atoms with E-state index in [9.17, 15) is 0 Å². The van der Waals surface area contributed by atoms with Crippen LogP contribution >= 0.6 is 12.4 Å². The Labute approximate surface area is 148 Å². The molecule has 2 aromatic rings. The van der Waals surface area contributed by atoms with Crippen LogP contribution in [0.25, 0.3) is 0 Å². The molecule has 2 aliphatic rings. The quantitative estimate of drug-likeness (QED) is 0.914. The normalized spacial score (nSPS) is 20.5. The Morgan fingerprint density at radius 3 is 2.88 bits per heavy atom. The molecule has 1 aromatic carbocycles. The Kier molecular flexibility index (Phi) is 5.28. The van der Waals surface area contributed by atoms with Crippen LogP contribution < -0.4 is 14.8 Å². The van der Waals surface area contributed by atoms with Gasteiger partial charge in [0.2, 0.25) is 0 Å². The molecule has 4 rings (SSSR count). The minimum Gasteiger partial charge on any atom is -0.486 e. The zero-order valence-corrected chi connectivity index (χ0v) is 14.6. The fourth-order valence-electron chi connectivity index (χ4n) is 3.31. The average Bonchev–Trinajstić information content (AvgIpc) is 3.01. The van der Waals surface area contributed by atoms with Gasteiger partial charge in [0.05, 0.1) is 6.04 Å². The molecule has 1 N–H and O–H groups in total. The maximum Gasteiger partial charge on any atom is 0.161 e. The molecule has 3 heterocycles. The maximum atomic E-state index is 5.70.